The number of para-hydroxylation sites is 1. The van der Waals surface area contributed by atoms with E-state index in [2.05, 4.69) is 37.7 Å². The molecule has 0 N–H and O–H groups in total. The molecule has 3 aromatic rings. The molecule has 11 heteroatoms. The second kappa shape index (κ2) is 11.1. The van der Waals surface area contributed by atoms with E-state index in [4.69, 9.17) is 14.2 Å². The van der Waals surface area contributed by atoms with Crippen LogP contribution in [0.15, 0.2) is 58.7 Å². The summed E-state index contributed by atoms with van der Waals surface area (Å²) in [6.45, 7) is 8.60. The first-order valence-corrected chi connectivity index (χ1v) is 12.8. The fourth-order valence-corrected chi connectivity index (χ4v) is 4.71. The molecule has 2 aromatic carbocycles. The molecule has 4 rings (SSSR count). The Morgan fingerprint density at radius 2 is 2.03 bits per heavy atom. The van der Waals surface area contributed by atoms with Gasteiger partial charge in [0.2, 0.25) is 23.2 Å². The van der Waals surface area contributed by atoms with Crippen molar-refractivity contribution in [3.05, 3.63) is 59.1 Å². The average Bonchev–Trinajstić information content (AvgIpc) is 2.98. The van der Waals surface area contributed by atoms with Crippen LogP contribution >= 0.6 is 27.7 Å². The van der Waals surface area contributed by atoms with Crippen molar-refractivity contribution < 1.29 is 23.8 Å². The maximum atomic E-state index is 13.1. The Bertz CT molecular complexity index is 1340. The normalized spacial score (nSPS) is 14.1. The number of carbonyl (C=O) groups excluding carboxylic acids is 2. The van der Waals surface area contributed by atoms with E-state index >= 15 is 0 Å². The number of anilines is 1. The van der Waals surface area contributed by atoms with Crippen LogP contribution in [0, 0.1) is 0 Å². The number of carbonyl (C=O) groups is 2. The van der Waals surface area contributed by atoms with Crippen molar-refractivity contribution in [3.8, 4) is 28.6 Å². The number of benzene rings is 2. The lowest BCUT2D eigenvalue weighted by atomic mass is 10.1. The van der Waals surface area contributed by atoms with E-state index in [1.165, 1.54) is 30.5 Å². The summed E-state index contributed by atoms with van der Waals surface area (Å²) >= 11 is 4.85. The van der Waals surface area contributed by atoms with E-state index < -0.39 is 12.2 Å². The van der Waals surface area contributed by atoms with E-state index in [-0.39, 0.29) is 17.5 Å². The Hall–Kier alpha value is -3.44. The van der Waals surface area contributed by atoms with Gasteiger partial charge in [0.15, 0.2) is 17.2 Å². The highest BCUT2D eigenvalue weighted by Gasteiger charge is 2.37. The van der Waals surface area contributed by atoms with Crippen LogP contribution in [0.25, 0.3) is 11.3 Å². The monoisotopic (exact) mass is 570 g/mol. The molecule has 0 bridgehead atoms. The summed E-state index contributed by atoms with van der Waals surface area (Å²) in [4.78, 5) is 31.2. The summed E-state index contributed by atoms with van der Waals surface area (Å²) in [6.07, 6.45) is 0.670. The molecule has 36 heavy (non-hydrogen) atoms. The third kappa shape index (κ3) is 5.21. The molecule has 2 heterocycles. The van der Waals surface area contributed by atoms with E-state index in [1.54, 1.807) is 24.3 Å². The molecule has 0 fully saturated rings. The van der Waals surface area contributed by atoms with Crippen LogP contribution in [0.2, 0.25) is 0 Å². The van der Waals surface area contributed by atoms with Crippen LogP contribution in [0.1, 0.15) is 32.6 Å². The van der Waals surface area contributed by atoms with Gasteiger partial charge in [0.1, 0.15) is 0 Å². The number of hydrogen-bond donors (Lipinski definition) is 0. The number of hydrogen-bond acceptors (Lipinski definition) is 9. The molecule has 0 aliphatic carbocycles. The van der Waals surface area contributed by atoms with Crippen LogP contribution in [-0.4, -0.2) is 39.4 Å². The molecule has 186 valence electrons. The predicted octanol–water partition coefficient (Wildman–Crippen LogP) is 5.35. The first-order valence-electron chi connectivity index (χ1n) is 11.0. The van der Waals surface area contributed by atoms with Crippen LogP contribution in [0.5, 0.6) is 17.4 Å². The van der Waals surface area contributed by atoms with Crippen LogP contribution in [0.3, 0.4) is 0 Å². The zero-order valence-corrected chi connectivity index (χ0v) is 22.3. The van der Waals surface area contributed by atoms with Crippen molar-refractivity contribution in [2.24, 2.45) is 0 Å². The van der Waals surface area contributed by atoms with E-state index in [1.807, 2.05) is 25.1 Å². The number of esters is 1. The van der Waals surface area contributed by atoms with Gasteiger partial charge in [-0.2, -0.15) is 4.98 Å². The smallest absolute Gasteiger partial charge is 0.308 e. The molecule has 1 amide bonds. The third-order valence-electron chi connectivity index (χ3n) is 5.04. The molecule has 0 saturated heterocycles. The molecule has 1 aromatic heterocycles. The van der Waals surface area contributed by atoms with Gasteiger partial charge in [0.05, 0.1) is 17.9 Å². The summed E-state index contributed by atoms with van der Waals surface area (Å²) in [6, 6.07) is 10.7. The van der Waals surface area contributed by atoms with Crippen molar-refractivity contribution >= 4 is 45.3 Å². The van der Waals surface area contributed by atoms with Crippen LogP contribution in [0.4, 0.5) is 5.69 Å². The van der Waals surface area contributed by atoms with Gasteiger partial charge in [-0.3, -0.25) is 14.5 Å². The lowest BCUT2D eigenvalue weighted by molar-refractivity contribution is -0.132. The van der Waals surface area contributed by atoms with Gasteiger partial charge in [-0.1, -0.05) is 52.0 Å². The molecule has 1 aliphatic heterocycles. The summed E-state index contributed by atoms with van der Waals surface area (Å²) in [5, 5.41) is 9.00. The van der Waals surface area contributed by atoms with Gasteiger partial charge in [-0.05, 0) is 25.1 Å². The zero-order chi connectivity index (χ0) is 25.8. The summed E-state index contributed by atoms with van der Waals surface area (Å²) in [5.74, 6) is 0.388. The molecule has 0 radical (unpaired) electrons. The van der Waals surface area contributed by atoms with E-state index in [0.717, 1.165) is 0 Å². The number of amides is 1. The lowest BCUT2D eigenvalue weighted by Crippen LogP contribution is -2.36. The maximum Gasteiger partial charge on any atom is 0.308 e. The third-order valence-corrected chi connectivity index (χ3v) is 6.33. The Morgan fingerprint density at radius 1 is 1.25 bits per heavy atom. The Morgan fingerprint density at radius 3 is 2.72 bits per heavy atom. The van der Waals surface area contributed by atoms with Gasteiger partial charge in [-0.25, -0.2) is 0 Å². The van der Waals surface area contributed by atoms with Gasteiger partial charge in [0, 0.05) is 29.6 Å². The largest absolute Gasteiger partial charge is 0.490 e. The van der Waals surface area contributed by atoms with Crippen molar-refractivity contribution in [1.82, 2.24) is 15.2 Å². The number of fused-ring (bicyclic) bond motifs is 3. The minimum absolute atomic E-state index is 0.146. The number of rotatable bonds is 7. The molecule has 1 aliphatic rings. The molecular formula is C25H23BrN4O5S. The second-order valence-corrected chi connectivity index (χ2v) is 9.48. The fourth-order valence-electron chi connectivity index (χ4n) is 3.74. The highest BCUT2D eigenvalue weighted by atomic mass is 79.9. The quantitative estimate of drug-likeness (QED) is 0.161. The minimum atomic E-state index is -1.06. The molecule has 9 nitrogen and oxygen atoms in total. The van der Waals surface area contributed by atoms with Gasteiger partial charge >= 0.3 is 5.97 Å². The average molecular weight is 571 g/mol. The van der Waals surface area contributed by atoms with E-state index in [9.17, 15) is 9.59 Å². The zero-order valence-electron chi connectivity index (χ0n) is 19.9. The highest BCUT2D eigenvalue weighted by Crippen LogP contribution is 2.47. The second-order valence-electron chi connectivity index (χ2n) is 7.57. The van der Waals surface area contributed by atoms with Gasteiger partial charge < -0.3 is 14.2 Å². The molecule has 0 spiro atoms. The number of ether oxygens (including phenoxy) is 3. The van der Waals surface area contributed by atoms with Crippen molar-refractivity contribution in [1.29, 1.82) is 0 Å². The lowest BCUT2D eigenvalue weighted by Gasteiger charge is -2.31. The van der Waals surface area contributed by atoms with Crippen molar-refractivity contribution in [2.45, 2.75) is 32.2 Å². The maximum absolute atomic E-state index is 13.1. The summed E-state index contributed by atoms with van der Waals surface area (Å²) in [7, 11) is 0. The van der Waals surface area contributed by atoms with Crippen molar-refractivity contribution in [2.75, 3.05) is 17.3 Å². The Labute approximate surface area is 221 Å². The van der Waals surface area contributed by atoms with Gasteiger partial charge in [-0.15, -0.1) is 16.8 Å². The SMILES string of the molecule is C=CCSc1nnc2c(n1)O[C@H](c1cc(Br)cc(OCC)c1OC(C)=O)N(C(C)=O)c1ccccc1-2. The molecule has 0 unspecified atom stereocenters. The number of thioether (sulfide) groups is 1. The van der Waals surface area contributed by atoms with E-state index in [0.29, 0.717) is 50.2 Å². The topological polar surface area (TPSA) is 104 Å². The number of halogens is 1. The molecular weight excluding hydrogens is 548 g/mol. The van der Waals surface area contributed by atoms with Crippen molar-refractivity contribution in [3.63, 3.8) is 0 Å². The Balaban J connectivity index is 1.99. The molecule has 0 saturated carbocycles. The Kier molecular flexibility index (Phi) is 7.90. The predicted molar refractivity (Wildman–Crippen MR) is 139 cm³/mol. The number of aromatic nitrogens is 3. The molecule has 1 atom stereocenters. The standard InChI is InChI=1S/C25H23BrN4O5S/c1-5-11-36-25-27-23-21(28-29-25)17-9-7-8-10-19(17)30(14(3)31)24(35-23)18-12-16(26)13-20(33-6-2)22(18)34-15(4)32/h5,7-10,12-13,24H,1,6,11H2,2-4H3/t24-/m1/s1. The van der Waals surface area contributed by atoms with Crippen LogP contribution < -0.4 is 19.1 Å². The minimum Gasteiger partial charge on any atom is -0.490 e. The number of nitrogens with zero attached hydrogens (tertiary/aromatic N) is 4. The first-order chi connectivity index (χ1) is 17.3. The highest BCUT2D eigenvalue weighted by molar-refractivity contribution is 9.10. The fraction of sp³-hybridized carbons (Fsp3) is 0.240. The summed E-state index contributed by atoms with van der Waals surface area (Å²) < 4.78 is 18.4. The first kappa shape index (κ1) is 25.6. The van der Waals surface area contributed by atoms with Crippen LogP contribution in [-0.2, 0) is 9.59 Å². The van der Waals surface area contributed by atoms with Gasteiger partial charge in [0.25, 0.3) is 0 Å². The summed E-state index contributed by atoms with van der Waals surface area (Å²) in [5.41, 5.74) is 1.94.